The van der Waals surface area contributed by atoms with Gasteiger partial charge < -0.3 is 10.6 Å². The Bertz CT molecular complexity index is 469. The van der Waals surface area contributed by atoms with E-state index in [4.69, 9.17) is 5.73 Å². The lowest BCUT2D eigenvalue weighted by molar-refractivity contribution is 0.0744. The molecule has 0 atom stereocenters. The second-order valence-electron chi connectivity index (χ2n) is 5.15. The summed E-state index contributed by atoms with van der Waals surface area (Å²) >= 11 is 3.39. The Morgan fingerprint density at radius 2 is 2.17 bits per heavy atom. The number of anilines is 1. The lowest BCUT2D eigenvalue weighted by atomic mass is 9.85. The molecule has 3 nitrogen and oxygen atoms in total. The highest BCUT2D eigenvalue weighted by atomic mass is 79.9. The van der Waals surface area contributed by atoms with E-state index >= 15 is 0 Å². The van der Waals surface area contributed by atoms with Gasteiger partial charge in [-0.15, -0.1) is 0 Å². The number of carbonyl (C=O) groups is 1. The number of carbonyl (C=O) groups excluding carboxylic acids is 1. The highest BCUT2D eigenvalue weighted by molar-refractivity contribution is 9.10. The molecule has 0 saturated heterocycles. The molecule has 1 fully saturated rings. The summed E-state index contributed by atoms with van der Waals surface area (Å²) < 4.78 is 0.853. The molecule has 98 valence electrons. The quantitative estimate of drug-likeness (QED) is 0.871. The summed E-state index contributed by atoms with van der Waals surface area (Å²) in [6.45, 7) is 2.75. The molecule has 4 heteroatoms. The number of rotatable bonds is 3. The van der Waals surface area contributed by atoms with Crippen LogP contribution in [0.15, 0.2) is 16.6 Å². The van der Waals surface area contributed by atoms with E-state index in [9.17, 15) is 4.79 Å². The fourth-order valence-corrected chi connectivity index (χ4v) is 2.75. The lowest BCUT2D eigenvalue weighted by Gasteiger charge is -2.30. The molecule has 0 spiro atoms. The number of halogens is 1. The van der Waals surface area contributed by atoms with Crippen molar-refractivity contribution >= 4 is 27.5 Å². The van der Waals surface area contributed by atoms with Crippen LogP contribution in [0.4, 0.5) is 5.69 Å². The molecular weight excluding hydrogens is 292 g/mol. The van der Waals surface area contributed by atoms with Crippen LogP contribution >= 0.6 is 15.9 Å². The van der Waals surface area contributed by atoms with Crippen molar-refractivity contribution in [1.82, 2.24) is 4.90 Å². The minimum absolute atomic E-state index is 0.0624. The zero-order valence-electron chi connectivity index (χ0n) is 10.9. The van der Waals surface area contributed by atoms with Gasteiger partial charge in [-0.25, -0.2) is 0 Å². The maximum Gasteiger partial charge on any atom is 0.253 e. The summed E-state index contributed by atoms with van der Waals surface area (Å²) in [6, 6.07) is 3.68. The fraction of sp³-hybridized carbons (Fsp3) is 0.500. The number of amides is 1. The van der Waals surface area contributed by atoms with Gasteiger partial charge in [0.05, 0.1) is 0 Å². The van der Waals surface area contributed by atoms with Crippen LogP contribution in [0.1, 0.15) is 35.2 Å². The smallest absolute Gasteiger partial charge is 0.253 e. The van der Waals surface area contributed by atoms with Crippen LogP contribution in [-0.2, 0) is 0 Å². The maximum atomic E-state index is 12.4. The van der Waals surface area contributed by atoms with E-state index in [1.165, 1.54) is 19.3 Å². The molecule has 2 rings (SSSR count). The van der Waals surface area contributed by atoms with Crippen LogP contribution < -0.4 is 5.73 Å². The summed E-state index contributed by atoms with van der Waals surface area (Å²) in [6.07, 6.45) is 3.80. The minimum Gasteiger partial charge on any atom is -0.398 e. The third-order valence-electron chi connectivity index (χ3n) is 3.75. The standard InChI is InChI=1S/C14H19BrN2O/c1-9-12(6-11(15)7-13(9)16)14(18)17(2)8-10-4-3-5-10/h6-7,10H,3-5,8,16H2,1-2H3. The molecule has 0 heterocycles. The van der Waals surface area contributed by atoms with Crippen molar-refractivity contribution in [2.24, 2.45) is 5.92 Å². The predicted molar refractivity (Wildman–Crippen MR) is 77.6 cm³/mol. The molecule has 2 N–H and O–H groups in total. The normalized spacial score (nSPS) is 15.3. The van der Waals surface area contributed by atoms with Crippen molar-refractivity contribution in [3.8, 4) is 0 Å². The molecule has 1 aromatic rings. The van der Waals surface area contributed by atoms with Gasteiger partial charge in [0.25, 0.3) is 5.91 Å². The van der Waals surface area contributed by atoms with E-state index in [-0.39, 0.29) is 5.91 Å². The molecule has 1 saturated carbocycles. The number of benzene rings is 1. The Labute approximate surface area is 116 Å². The lowest BCUT2D eigenvalue weighted by Crippen LogP contribution is -2.34. The van der Waals surface area contributed by atoms with Gasteiger partial charge in [0.15, 0.2) is 0 Å². The average Bonchev–Trinajstić information content (AvgIpc) is 2.27. The summed E-state index contributed by atoms with van der Waals surface area (Å²) in [5.74, 6) is 0.746. The van der Waals surface area contributed by atoms with Gasteiger partial charge >= 0.3 is 0 Å². The summed E-state index contributed by atoms with van der Waals surface area (Å²) in [4.78, 5) is 14.2. The van der Waals surface area contributed by atoms with Crippen molar-refractivity contribution < 1.29 is 4.79 Å². The molecule has 1 aliphatic carbocycles. The Hall–Kier alpha value is -1.03. The first kappa shape index (κ1) is 13.4. The van der Waals surface area contributed by atoms with Gasteiger partial charge in [0.1, 0.15) is 0 Å². The van der Waals surface area contributed by atoms with Gasteiger partial charge in [-0.3, -0.25) is 4.79 Å². The first-order valence-corrected chi connectivity index (χ1v) is 7.09. The summed E-state index contributed by atoms with van der Waals surface area (Å²) in [7, 11) is 1.87. The van der Waals surface area contributed by atoms with Crippen LogP contribution in [0.25, 0.3) is 0 Å². The Morgan fingerprint density at radius 1 is 1.50 bits per heavy atom. The summed E-state index contributed by atoms with van der Waals surface area (Å²) in [5, 5.41) is 0. The monoisotopic (exact) mass is 310 g/mol. The van der Waals surface area contributed by atoms with E-state index in [1.54, 1.807) is 0 Å². The SMILES string of the molecule is Cc1c(N)cc(Br)cc1C(=O)N(C)CC1CCC1. The third kappa shape index (κ3) is 2.69. The molecule has 1 aromatic carbocycles. The molecule has 0 bridgehead atoms. The molecular formula is C14H19BrN2O. The third-order valence-corrected chi connectivity index (χ3v) is 4.20. The molecule has 18 heavy (non-hydrogen) atoms. The number of nitrogens with zero attached hydrogens (tertiary/aromatic N) is 1. The van der Waals surface area contributed by atoms with Gasteiger partial charge in [0.2, 0.25) is 0 Å². The summed E-state index contributed by atoms with van der Waals surface area (Å²) in [5.41, 5.74) is 8.12. The fourth-order valence-electron chi connectivity index (χ4n) is 2.27. The molecule has 0 unspecified atom stereocenters. The second kappa shape index (κ2) is 5.31. The molecule has 1 amide bonds. The van der Waals surface area contributed by atoms with Crippen molar-refractivity contribution in [3.63, 3.8) is 0 Å². The highest BCUT2D eigenvalue weighted by Gasteiger charge is 2.23. The number of nitrogen functional groups attached to an aromatic ring is 1. The first-order chi connectivity index (χ1) is 8.49. The molecule has 0 aromatic heterocycles. The largest absolute Gasteiger partial charge is 0.398 e. The van der Waals surface area contributed by atoms with Gasteiger partial charge in [-0.1, -0.05) is 22.4 Å². The van der Waals surface area contributed by atoms with Crippen LogP contribution in [0.5, 0.6) is 0 Å². The van der Waals surface area contributed by atoms with Gasteiger partial charge in [-0.05, 0) is 43.4 Å². The second-order valence-corrected chi connectivity index (χ2v) is 6.07. The number of hydrogen-bond acceptors (Lipinski definition) is 2. The predicted octanol–water partition coefficient (Wildman–Crippen LogP) is 3.21. The van der Waals surface area contributed by atoms with E-state index in [0.29, 0.717) is 17.2 Å². The molecule has 0 aliphatic heterocycles. The Balaban J connectivity index is 2.16. The topological polar surface area (TPSA) is 46.3 Å². The molecule has 1 aliphatic rings. The number of nitrogens with two attached hydrogens (primary N) is 1. The van der Waals surface area contributed by atoms with Crippen LogP contribution in [-0.4, -0.2) is 24.4 Å². The maximum absolute atomic E-state index is 12.4. The van der Waals surface area contributed by atoms with Crippen LogP contribution in [0.2, 0.25) is 0 Å². The van der Waals surface area contributed by atoms with E-state index in [2.05, 4.69) is 15.9 Å². The van der Waals surface area contributed by atoms with E-state index < -0.39 is 0 Å². The zero-order valence-corrected chi connectivity index (χ0v) is 12.5. The van der Waals surface area contributed by atoms with Gasteiger partial charge in [-0.2, -0.15) is 0 Å². The van der Waals surface area contributed by atoms with E-state index in [1.807, 2.05) is 31.0 Å². The van der Waals surface area contributed by atoms with Gasteiger partial charge in [0, 0.05) is 29.3 Å². The van der Waals surface area contributed by atoms with Crippen molar-refractivity contribution in [2.45, 2.75) is 26.2 Å². The molecule has 0 radical (unpaired) electrons. The Kier molecular flexibility index (Phi) is 3.95. The minimum atomic E-state index is 0.0624. The van der Waals surface area contributed by atoms with Crippen molar-refractivity contribution in [2.75, 3.05) is 19.3 Å². The van der Waals surface area contributed by atoms with E-state index in [0.717, 1.165) is 16.6 Å². The van der Waals surface area contributed by atoms with Crippen molar-refractivity contribution in [3.05, 3.63) is 27.7 Å². The van der Waals surface area contributed by atoms with Crippen LogP contribution in [0, 0.1) is 12.8 Å². The van der Waals surface area contributed by atoms with Crippen molar-refractivity contribution in [1.29, 1.82) is 0 Å². The number of hydrogen-bond donors (Lipinski definition) is 1. The van der Waals surface area contributed by atoms with Crippen LogP contribution in [0.3, 0.4) is 0 Å². The average molecular weight is 311 g/mol. The zero-order chi connectivity index (χ0) is 13.3. The first-order valence-electron chi connectivity index (χ1n) is 6.30. The Morgan fingerprint density at radius 3 is 2.72 bits per heavy atom. The highest BCUT2D eigenvalue weighted by Crippen LogP contribution is 2.28.